The number of carbonyl (C=O) groups is 1. The van der Waals surface area contributed by atoms with Gasteiger partial charge in [-0.25, -0.2) is 14.4 Å². The molecule has 3 heterocycles. The largest absolute Gasteiger partial charge is 0.369 e. The van der Waals surface area contributed by atoms with Crippen molar-refractivity contribution in [2.75, 3.05) is 19.6 Å². The van der Waals surface area contributed by atoms with Crippen LogP contribution < -0.4 is 5.73 Å². The van der Waals surface area contributed by atoms with Crippen LogP contribution in [0.2, 0.25) is 0 Å². The summed E-state index contributed by atoms with van der Waals surface area (Å²) in [6, 6.07) is 10.4. The van der Waals surface area contributed by atoms with E-state index in [2.05, 4.69) is 14.5 Å². The molecule has 1 saturated heterocycles. The van der Waals surface area contributed by atoms with Crippen LogP contribution in [0.3, 0.4) is 0 Å². The van der Waals surface area contributed by atoms with E-state index in [9.17, 15) is 9.18 Å². The number of carbonyl (C=O) groups excluding carboxylic acids is 1. The van der Waals surface area contributed by atoms with E-state index < -0.39 is 0 Å². The van der Waals surface area contributed by atoms with E-state index in [0.29, 0.717) is 19.0 Å². The zero-order chi connectivity index (χ0) is 19.5. The minimum absolute atomic E-state index is 0.236. The quantitative estimate of drug-likeness (QED) is 0.711. The van der Waals surface area contributed by atoms with Crippen LogP contribution in [0.15, 0.2) is 42.6 Å². The van der Waals surface area contributed by atoms with Gasteiger partial charge in [0.15, 0.2) is 5.65 Å². The first-order chi connectivity index (χ1) is 13.6. The lowest BCUT2D eigenvalue weighted by atomic mass is 9.93. The van der Waals surface area contributed by atoms with Gasteiger partial charge in [0.25, 0.3) is 0 Å². The highest BCUT2D eigenvalue weighted by Gasteiger charge is 2.23. The predicted octanol–water partition coefficient (Wildman–Crippen LogP) is 2.36. The Balaban J connectivity index is 1.53. The maximum absolute atomic E-state index is 13.3. The van der Waals surface area contributed by atoms with Gasteiger partial charge in [-0.15, -0.1) is 0 Å². The van der Waals surface area contributed by atoms with Crippen LogP contribution >= 0.6 is 0 Å². The normalized spacial score (nSPS) is 15.9. The molecule has 7 heteroatoms. The fourth-order valence-electron chi connectivity index (χ4n) is 3.93. The lowest BCUT2D eigenvalue weighted by Gasteiger charge is -2.30. The van der Waals surface area contributed by atoms with Crippen LogP contribution in [-0.4, -0.2) is 45.0 Å². The van der Waals surface area contributed by atoms with Crippen molar-refractivity contribution in [2.45, 2.75) is 25.8 Å². The molecule has 1 aliphatic heterocycles. The molecule has 28 heavy (non-hydrogen) atoms. The zero-order valence-corrected chi connectivity index (χ0v) is 15.7. The number of pyridine rings is 1. The molecule has 0 atom stereocenters. The molecule has 1 fully saturated rings. The maximum atomic E-state index is 13.3. The second-order valence-corrected chi connectivity index (χ2v) is 7.48. The topological polar surface area (TPSA) is 77.0 Å². The Hall–Kier alpha value is -2.80. The molecule has 6 nitrogen and oxygen atoms in total. The Morgan fingerprint density at radius 2 is 1.93 bits per heavy atom. The first-order valence-corrected chi connectivity index (χ1v) is 9.64. The minimum Gasteiger partial charge on any atom is -0.369 e. The van der Waals surface area contributed by atoms with Crippen molar-refractivity contribution < 1.29 is 9.18 Å². The van der Waals surface area contributed by atoms with Gasteiger partial charge in [0.2, 0.25) is 5.91 Å². The van der Waals surface area contributed by atoms with E-state index in [1.54, 1.807) is 18.3 Å². The number of imidazole rings is 1. The molecule has 1 aliphatic rings. The molecule has 0 radical (unpaired) electrons. The summed E-state index contributed by atoms with van der Waals surface area (Å²) >= 11 is 0. The number of benzene rings is 1. The van der Waals surface area contributed by atoms with Crippen LogP contribution in [0.1, 0.15) is 24.2 Å². The highest BCUT2D eigenvalue weighted by Crippen LogP contribution is 2.24. The second-order valence-electron chi connectivity index (χ2n) is 7.48. The van der Waals surface area contributed by atoms with Crippen LogP contribution in [-0.2, 0) is 17.8 Å². The summed E-state index contributed by atoms with van der Waals surface area (Å²) in [6.45, 7) is 2.71. The number of aromatic nitrogens is 3. The number of nitrogens with two attached hydrogens (primary N) is 1. The lowest BCUT2D eigenvalue weighted by molar-refractivity contribution is -0.119. The van der Waals surface area contributed by atoms with Gasteiger partial charge in [-0.3, -0.25) is 9.69 Å². The molecular weight excluding hydrogens is 357 g/mol. The van der Waals surface area contributed by atoms with Gasteiger partial charge in [-0.05, 0) is 61.7 Å². The molecule has 2 N–H and O–H groups in total. The molecule has 0 saturated carbocycles. The molecule has 3 aromatic rings. The first-order valence-electron chi connectivity index (χ1n) is 9.64. The van der Waals surface area contributed by atoms with Crippen LogP contribution in [0.4, 0.5) is 4.39 Å². The Morgan fingerprint density at radius 1 is 1.18 bits per heavy atom. The van der Waals surface area contributed by atoms with Crippen molar-refractivity contribution in [3.8, 4) is 0 Å². The monoisotopic (exact) mass is 381 g/mol. The van der Waals surface area contributed by atoms with Crippen molar-refractivity contribution in [3.63, 3.8) is 0 Å². The van der Waals surface area contributed by atoms with E-state index in [0.717, 1.165) is 54.9 Å². The first kappa shape index (κ1) is 18.6. The summed E-state index contributed by atoms with van der Waals surface area (Å²) in [7, 11) is 0. The summed E-state index contributed by atoms with van der Waals surface area (Å²) in [5, 5.41) is 0. The molecule has 146 valence electrons. The Bertz CT molecular complexity index is 961. The summed E-state index contributed by atoms with van der Waals surface area (Å²) in [5.74, 6) is 1.00. The number of piperidine rings is 1. The molecule has 1 amide bonds. The number of primary amides is 1. The van der Waals surface area contributed by atoms with E-state index in [1.165, 1.54) is 12.1 Å². The molecule has 2 aromatic heterocycles. The molecule has 4 rings (SSSR count). The summed E-state index contributed by atoms with van der Waals surface area (Å²) < 4.78 is 15.4. The number of likely N-dealkylation sites (tertiary alicyclic amines) is 1. The number of rotatable bonds is 6. The number of amides is 1. The highest BCUT2D eigenvalue weighted by molar-refractivity contribution is 5.75. The lowest BCUT2D eigenvalue weighted by Crippen LogP contribution is -2.40. The highest BCUT2D eigenvalue weighted by atomic mass is 19.1. The molecule has 0 bridgehead atoms. The van der Waals surface area contributed by atoms with Gasteiger partial charge in [0.1, 0.15) is 17.2 Å². The number of halogens is 1. The fraction of sp³-hybridized carbons (Fsp3) is 0.381. The van der Waals surface area contributed by atoms with Crippen molar-refractivity contribution >= 4 is 17.1 Å². The SMILES string of the molecule is NC(=O)CN1CCC(Cc2nc3cccnc3n2Cc2ccc(F)cc2)CC1. The Labute approximate surface area is 163 Å². The van der Waals surface area contributed by atoms with Gasteiger partial charge in [-0.2, -0.15) is 0 Å². The molecule has 0 unspecified atom stereocenters. The molecule has 0 spiro atoms. The van der Waals surface area contributed by atoms with Crippen LogP contribution in [0.25, 0.3) is 11.2 Å². The minimum atomic E-state index is -0.273. The Kier molecular flexibility index (Phi) is 5.34. The van der Waals surface area contributed by atoms with E-state index in [1.807, 2.05) is 12.1 Å². The number of hydrogen-bond acceptors (Lipinski definition) is 4. The third kappa shape index (κ3) is 4.20. The van der Waals surface area contributed by atoms with Gasteiger partial charge in [-0.1, -0.05) is 12.1 Å². The standard InChI is InChI=1S/C21H24FN5O/c22-17-5-3-16(4-6-17)13-27-20(25-18-2-1-9-24-21(18)27)12-15-7-10-26(11-8-15)14-19(23)28/h1-6,9,15H,7-8,10-14H2,(H2,23,28). The second kappa shape index (κ2) is 8.06. The summed E-state index contributed by atoms with van der Waals surface area (Å²) in [5.41, 5.74) is 8.06. The average Bonchev–Trinajstić information content (AvgIpc) is 3.02. The summed E-state index contributed by atoms with van der Waals surface area (Å²) in [6.07, 6.45) is 4.67. The van der Waals surface area contributed by atoms with Gasteiger partial charge in [0.05, 0.1) is 13.1 Å². The molecule has 0 aliphatic carbocycles. The van der Waals surface area contributed by atoms with Crippen molar-refractivity contribution in [3.05, 3.63) is 59.8 Å². The van der Waals surface area contributed by atoms with Crippen LogP contribution in [0.5, 0.6) is 0 Å². The Morgan fingerprint density at radius 3 is 2.64 bits per heavy atom. The number of hydrogen-bond donors (Lipinski definition) is 1. The molecular formula is C21H24FN5O. The number of fused-ring (bicyclic) bond motifs is 1. The van der Waals surface area contributed by atoms with Crippen molar-refractivity contribution in [1.29, 1.82) is 0 Å². The third-order valence-corrected chi connectivity index (χ3v) is 5.39. The van der Waals surface area contributed by atoms with E-state index in [-0.39, 0.29) is 11.7 Å². The third-order valence-electron chi connectivity index (χ3n) is 5.39. The van der Waals surface area contributed by atoms with Gasteiger partial charge < -0.3 is 10.3 Å². The van der Waals surface area contributed by atoms with E-state index >= 15 is 0 Å². The van der Waals surface area contributed by atoms with Gasteiger partial charge in [0, 0.05) is 12.6 Å². The number of nitrogens with zero attached hydrogens (tertiary/aromatic N) is 4. The van der Waals surface area contributed by atoms with Gasteiger partial charge >= 0.3 is 0 Å². The molecule has 1 aromatic carbocycles. The average molecular weight is 381 g/mol. The maximum Gasteiger partial charge on any atom is 0.231 e. The summed E-state index contributed by atoms with van der Waals surface area (Å²) in [4.78, 5) is 22.6. The van der Waals surface area contributed by atoms with Crippen molar-refractivity contribution in [2.24, 2.45) is 11.7 Å². The fourth-order valence-corrected chi connectivity index (χ4v) is 3.93. The smallest absolute Gasteiger partial charge is 0.231 e. The predicted molar refractivity (Wildman–Crippen MR) is 105 cm³/mol. The van der Waals surface area contributed by atoms with Crippen molar-refractivity contribution in [1.82, 2.24) is 19.4 Å². The zero-order valence-electron chi connectivity index (χ0n) is 15.7. The van der Waals surface area contributed by atoms with E-state index in [4.69, 9.17) is 10.7 Å². The van der Waals surface area contributed by atoms with Crippen LogP contribution in [0, 0.1) is 11.7 Å².